The van der Waals surface area contributed by atoms with Crippen LogP contribution in [0.15, 0.2) is 0 Å². The lowest BCUT2D eigenvalue weighted by Crippen LogP contribution is -2.30. The van der Waals surface area contributed by atoms with Gasteiger partial charge in [-0.25, -0.2) is 9.13 Å². The fourth-order valence-electron chi connectivity index (χ4n) is 13.9. The van der Waals surface area contributed by atoms with Gasteiger partial charge in [-0.1, -0.05) is 427 Å². The van der Waals surface area contributed by atoms with Crippen LogP contribution in [0.2, 0.25) is 0 Å². The number of unbranched alkanes of at least 4 members (excludes halogenated alkanes) is 57. The molecule has 3 unspecified atom stereocenters. The minimum atomic E-state index is -4.97. The van der Waals surface area contributed by atoms with Crippen LogP contribution in [0, 0.1) is 11.8 Å². The molecule has 17 nitrogen and oxygen atoms in total. The van der Waals surface area contributed by atoms with E-state index in [2.05, 4.69) is 41.5 Å². The van der Waals surface area contributed by atoms with Crippen molar-refractivity contribution in [3.8, 4) is 0 Å². The molecule has 0 saturated carbocycles. The van der Waals surface area contributed by atoms with Crippen LogP contribution in [-0.2, 0) is 65.4 Å². The molecule has 0 fully saturated rings. The Labute approximate surface area is 664 Å². The summed E-state index contributed by atoms with van der Waals surface area (Å²) >= 11 is 0. The van der Waals surface area contributed by atoms with Gasteiger partial charge < -0.3 is 33.8 Å². The Morgan fingerprint density at radius 2 is 0.472 bits per heavy atom. The number of aliphatic hydroxyl groups excluding tert-OH is 1. The summed E-state index contributed by atoms with van der Waals surface area (Å²) in [5.74, 6) is -0.508. The number of rotatable bonds is 88. The van der Waals surface area contributed by atoms with E-state index >= 15 is 0 Å². The monoisotopic (exact) mass is 1580 g/mol. The van der Waals surface area contributed by atoms with Gasteiger partial charge in [-0.05, 0) is 37.5 Å². The van der Waals surface area contributed by atoms with Gasteiger partial charge in [0.05, 0.1) is 26.4 Å². The lowest BCUT2D eigenvalue weighted by atomic mass is 9.99. The molecule has 0 rings (SSSR count). The van der Waals surface area contributed by atoms with E-state index in [1.807, 2.05) is 0 Å². The molecule has 108 heavy (non-hydrogen) atoms. The molecular weight excluding hydrogens is 1400 g/mol. The van der Waals surface area contributed by atoms with Gasteiger partial charge in [0.2, 0.25) is 0 Å². The van der Waals surface area contributed by atoms with Crippen LogP contribution >= 0.6 is 15.6 Å². The Hall–Kier alpha value is -1.94. The first-order chi connectivity index (χ1) is 52.4. The van der Waals surface area contributed by atoms with Crippen LogP contribution in [0.25, 0.3) is 0 Å². The molecule has 0 aliphatic carbocycles. The average molecular weight is 1580 g/mol. The first-order valence-corrected chi connectivity index (χ1v) is 49.0. The van der Waals surface area contributed by atoms with Crippen molar-refractivity contribution in [2.45, 2.75) is 496 Å². The number of carbonyl (C=O) groups is 4. The molecule has 0 saturated heterocycles. The van der Waals surface area contributed by atoms with E-state index in [4.69, 9.17) is 37.0 Å². The predicted octanol–water partition coefficient (Wildman–Crippen LogP) is 27.4. The van der Waals surface area contributed by atoms with Crippen LogP contribution in [-0.4, -0.2) is 96.7 Å². The van der Waals surface area contributed by atoms with Crippen molar-refractivity contribution >= 4 is 39.5 Å². The van der Waals surface area contributed by atoms with Crippen molar-refractivity contribution in [2.24, 2.45) is 11.8 Å². The van der Waals surface area contributed by atoms with Crippen molar-refractivity contribution in [1.29, 1.82) is 0 Å². The van der Waals surface area contributed by atoms with E-state index in [-0.39, 0.29) is 25.7 Å². The van der Waals surface area contributed by atoms with Gasteiger partial charge in [-0.2, -0.15) is 0 Å². The third-order valence-corrected chi connectivity index (χ3v) is 23.2. The Balaban J connectivity index is 5.24. The number of ether oxygens (including phenoxy) is 4. The lowest BCUT2D eigenvalue weighted by molar-refractivity contribution is -0.161. The maximum Gasteiger partial charge on any atom is 0.472 e. The van der Waals surface area contributed by atoms with Crippen LogP contribution < -0.4 is 0 Å². The number of phosphoric acid groups is 2. The van der Waals surface area contributed by atoms with Crippen molar-refractivity contribution in [3.05, 3.63) is 0 Å². The van der Waals surface area contributed by atoms with Crippen molar-refractivity contribution in [3.63, 3.8) is 0 Å². The van der Waals surface area contributed by atoms with Gasteiger partial charge in [0.25, 0.3) is 0 Å². The highest BCUT2D eigenvalue weighted by Crippen LogP contribution is 2.45. The summed E-state index contributed by atoms with van der Waals surface area (Å²) in [7, 11) is -9.93. The Morgan fingerprint density at radius 1 is 0.269 bits per heavy atom. The fourth-order valence-corrected chi connectivity index (χ4v) is 15.5. The summed E-state index contributed by atoms with van der Waals surface area (Å²) in [5, 5.41) is 10.7. The molecule has 19 heteroatoms. The van der Waals surface area contributed by atoms with Crippen LogP contribution in [0.4, 0.5) is 0 Å². The Kier molecular flexibility index (Phi) is 78.8. The predicted molar refractivity (Wildman–Crippen MR) is 446 cm³/mol. The SMILES string of the molecule is CCCCCCCCCCCCCCCCCCCCCCCCC(=O)O[C@H](COC(=O)CCCCCCCCCCCCCCCCCCC(C)C)COP(=O)(O)OC[C@@H](O)COP(=O)(O)OC[C@@H](COC(=O)CCCCCCCCCCC(C)CC)OC(=O)CCCCCCCCCCCCCCCCC. The largest absolute Gasteiger partial charge is 0.472 e. The summed E-state index contributed by atoms with van der Waals surface area (Å²) in [6.07, 6.45) is 73.6. The molecule has 0 aliphatic rings. The number of esters is 4. The molecular formula is C89H174O17P2. The first-order valence-electron chi connectivity index (χ1n) is 46.0. The van der Waals surface area contributed by atoms with E-state index < -0.39 is 97.5 Å². The van der Waals surface area contributed by atoms with E-state index in [0.29, 0.717) is 25.7 Å². The van der Waals surface area contributed by atoms with Gasteiger partial charge >= 0.3 is 39.5 Å². The van der Waals surface area contributed by atoms with Gasteiger partial charge in [0.1, 0.15) is 19.3 Å². The van der Waals surface area contributed by atoms with E-state index in [0.717, 1.165) is 102 Å². The summed E-state index contributed by atoms with van der Waals surface area (Å²) in [4.78, 5) is 73.3. The maximum absolute atomic E-state index is 13.2. The molecule has 0 aromatic carbocycles. The smallest absolute Gasteiger partial charge is 0.462 e. The maximum atomic E-state index is 13.2. The molecule has 0 bridgehead atoms. The number of hydrogen-bond acceptors (Lipinski definition) is 15. The van der Waals surface area contributed by atoms with Crippen molar-refractivity contribution < 1.29 is 80.2 Å². The molecule has 0 aromatic rings. The summed E-state index contributed by atoms with van der Waals surface area (Å²) in [6.45, 7) is 9.72. The molecule has 6 atom stereocenters. The zero-order chi connectivity index (χ0) is 79.2. The highest BCUT2D eigenvalue weighted by molar-refractivity contribution is 7.47. The van der Waals surface area contributed by atoms with Gasteiger partial charge in [-0.15, -0.1) is 0 Å². The molecule has 0 aliphatic heterocycles. The third kappa shape index (κ3) is 80.7. The molecule has 0 aromatic heterocycles. The second kappa shape index (κ2) is 80.3. The Morgan fingerprint density at radius 3 is 0.704 bits per heavy atom. The standard InChI is InChI=1S/C89H174O17P2/c1-7-10-12-14-16-18-20-22-24-25-26-27-28-29-30-36-40-44-48-56-62-68-74-88(93)105-84(77-99-86(91)71-65-59-53-46-42-38-35-32-31-34-37-41-45-51-57-63-69-81(4)5)79-103-107(95,96)101-75-83(90)76-102-108(97,98)104-80-85(78-100-87(92)72-66-60-54-50-49-52-58-64-70-82(6)9-3)106-89(94)73-67-61-55-47-43-39-33-23-21-19-17-15-13-11-8-2/h81-85,90H,7-80H2,1-6H3,(H,95,96)(H,97,98)/t82?,83-,84-,85-/m1/s1. The van der Waals surface area contributed by atoms with Gasteiger partial charge in [0, 0.05) is 25.7 Å². The number of carbonyl (C=O) groups excluding carboxylic acids is 4. The van der Waals surface area contributed by atoms with Crippen LogP contribution in [0.3, 0.4) is 0 Å². The summed E-state index contributed by atoms with van der Waals surface area (Å²) < 4.78 is 69.0. The number of phosphoric ester groups is 2. The van der Waals surface area contributed by atoms with Gasteiger partial charge in [-0.3, -0.25) is 37.3 Å². The van der Waals surface area contributed by atoms with E-state index in [1.54, 1.807) is 0 Å². The molecule has 0 heterocycles. The minimum absolute atomic E-state index is 0.108. The molecule has 0 radical (unpaired) electrons. The molecule has 0 amide bonds. The third-order valence-electron chi connectivity index (χ3n) is 21.3. The number of hydrogen-bond donors (Lipinski definition) is 3. The molecule has 642 valence electrons. The van der Waals surface area contributed by atoms with Crippen LogP contribution in [0.5, 0.6) is 0 Å². The topological polar surface area (TPSA) is 237 Å². The normalized spacial score (nSPS) is 14.0. The average Bonchev–Trinajstić information content (AvgIpc) is 0.899. The van der Waals surface area contributed by atoms with E-state index in [1.165, 1.54) is 295 Å². The molecule has 0 spiro atoms. The van der Waals surface area contributed by atoms with Crippen molar-refractivity contribution in [1.82, 2.24) is 0 Å². The minimum Gasteiger partial charge on any atom is -0.462 e. The first kappa shape index (κ1) is 106. The highest BCUT2D eigenvalue weighted by Gasteiger charge is 2.31. The number of aliphatic hydroxyl groups is 1. The van der Waals surface area contributed by atoms with Crippen molar-refractivity contribution in [2.75, 3.05) is 39.6 Å². The zero-order valence-electron chi connectivity index (χ0n) is 71.2. The molecule has 3 N–H and O–H groups in total. The summed E-state index contributed by atoms with van der Waals surface area (Å²) in [5.41, 5.74) is 0. The lowest BCUT2D eigenvalue weighted by Gasteiger charge is -2.21. The van der Waals surface area contributed by atoms with E-state index in [9.17, 15) is 43.2 Å². The fraction of sp³-hybridized carbons (Fsp3) is 0.955. The Bertz CT molecular complexity index is 2070. The summed E-state index contributed by atoms with van der Waals surface area (Å²) in [6, 6.07) is 0. The quantitative estimate of drug-likeness (QED) is 0.0222. The van der Waals surface area contributed by atoms with Crippen LogP contribution in [0.1, 0.15) is 478 Å². The second-order valence-electron chi connectivity index (χ2n) is 32.7. The highest BCUT2D eigenvalue weighted by atomic mass is 31.2. The van der Waals surface area contributed by atoms with Gasteiger partial charge in [0.15, 0.2) is 12.2 Å². The second-order valence-corrected chi connectivity index (χ2v) is 35.6. The zero-order valence-corrected chi connectivity index (χ0v) is 73.0.